The van der Waals surface area contributed by atoms with Gasteiger partial charge >= 0.3 is 11.9 Å². The summed E-state index contributed by atoms with van der Waals surface area (Å²) in [6, 6.07) is 2.78. The molecule has 1 unspecified atom stereocenters. The van der Waals surface area contributed by atoms with E-state index in [2.05, 4.69) is 0 Å². The van der Waals surface area contributed by atoms with Crippen molar-refractivity contribution in [3.63, 3.8) is 0 Å². The number of sulfonamides is 1. The van der Waals surface area contributed by atoms with Crippen molar-refractivity contribution in [1.82, 2.24) is 0 Å². The monoisotopic (exact) mass is 591 g/mol. The molecule has 0 fully saturated rings. The highest BCUT2D eigenvalue weighted by Gasteiger charge is 2.42. The van der Waals surface area contributed by atoms with Crippen LogP contribution in [0.3, 0.4) is 0 Å². The Kier molecular flexibility index (Phi) is 10.7. The van der Waals surface area contributed by atoms with Crippen molar-refractivity contribution in [2.24, 2.45) is 0 Å². The van der Waals surface area contributed by atoms with E-state index in [-0.39, 0.29) is 29.3 Å². The molecule has 1 amide bonds. The van der Waals surface area contributed by atoms with Crippen LogP contribution in [0.15, 0.2) is 29.8 Å². The Bertz CT molecular complexity index is 1110. The van der Waals surface area contributed by atoms with E-state index in [1.165, 1.54) is 6.08 Å². The SMILES string of the molecule is CCOC(=O)C1=CCCCC1S(=O)(=O)N(C(=O)CCC(=O)OCC(Cl)(Cl)Cl)c1ccc(F)cc1Cl. The normalized spacial score (nSPS) is 16.3. The highest BCUT2D eigenvalue weighted by atomic mass is 35.6. The number of benzene rings is 1. The van der Waals surface area contributed by atoms with Crippen molar-refractivity contribution in [2.45, 2.75) is 48.1 Å². The topological polar surface area (TPSA) is 107 Å². The van der Waals surface area contributed by atoms with Gasteiger partial charge in [0.2, 0.25) is 19.7 Å². The van der Waals surface area contributed by atoms with Crippen LogP contribution in [0.5, 0.6) is 0 Å². The molecule has 0 saturated heterocycles. The molecular formula is C21H22Cl4FNO7S. The standard InChI is InChI=1S/C21H22Cl4FNO7S/c1-2-33-20(30)14-5-3-4-6-17(14)35(31,32)27(16-8-7-13(26)11-15(16)22)18(28)9-10-19(29)34-12-21(23,24)25/h5,7-8,11,17H,2-4,6,9-10,12H2,1H3. The molecule has 0 N–H and O–H groups in total. The fourth-order valence-electron chi connectivity index (χ4n) is 3.32. The number of rotatable bonds is 9. The third kappa shape index (κ3) is 8.21. The van der Waals surface area contributed by atoms with Gasteiger partial charge in [-0.15, -0.1) is 0 Å². The zero-order chi connectivity index (χ0) is 26.4. The number of hydrogen-bond acceptors (Lipinski definition) is 7. The molecule has 194 valence electrons. The molecule has 8 nitrogen and oxygen atoms in total. The van der Waals surface area contributed by atoms with Crippen molar-refractivity contribution in [3.05, 3.63) is 40.7 Å². The molecule has 1 atom stereocenters. The van der Waals surface area contributed by atoms with Crippen LogP contribution in [0, 0.1) is 5.82 Å². The second kappa shape index (κ2) is 12.6. The average Bonchev–Trinajstić information content (AvgIpc) is 2.77. The molecule has 0 saturated carbocycles. The minimum atomic E-state index is -4.62. The van der Waals surface area contributed by atoms with Gasteiger partial charge in [0.25, 0.3) is 0 Å². The van der Waals surface area contributed by atoms with Crippen LogP contribution in [-0.2, 0) is 33.9 Å². The van der Waals surface area contributed by atoms with Crippen molar-refractivity contribution in [2.75, 3.05) is 17.5 Å². The first-order valence-corrected chi connectivity index (χ1v) is 13.4. The van der Waals surface area contributed by atoms with E-state index in [1.807, 2.05) is 0 Å². The van der Waals surface area contributed by atoms with Crippen LogP contribution in [0.25, 0.3) is 0 Å². The Morgan fingerprint density at radius 1 is 1.17 bits per heavy atom. The van der Waals surface area contributed by atoms with Gasteiger partial charge in [0.05, 0.1) is 29.3 Å². The number of hydrogen-bond donors (Lipinski definition) is 0. The van der Waals surface area contributed by atoms with Gasteiger partial charge < -0.3 is 9.47 Å². The van der Waals surface area contributed by atoms with Crippen LogP contribution < -0.4 is 4.31 Å². The van der Waals surface area contributed by atoms with E-state index in [9.17, 15) is 27.2 Å². The number of allylic oxidation sites excluding steroid dienone is 1. The zero-order valence-corrected chi connectivity index (χ0v) is 22.3. The number of anilines is 1. The summed E-state index contributed by atoms with van der Waals surface area (Å²) in [6.45, 7) is 1.01. The molecule has 2 rings (SSSR count). The van der Waals surface area contributed by atoms with Crippen molar-refractivity contribution in [3.8, 4) is 0 Å². The van der Waals surface area contributed by atoms with Crippen LogP contribution in [0.2, 0.25) is 5.02 Å². The van der Waals surface area contributed by atoms with Gasteiger partial charge in [0, 0.05) is 6.42 Å². The van der Waals surface area contributed by atoms with Crippen LogP contribution in [0.1, 0.15) is 39.0 Å². The molecule has 1 aromatic carbocycles. The second-order valence-corrected chi connectivity index (χ2v) is 12.3. The highest BCUT2D eigenvalue weighted by Crippen LogP contribution is 2.35. The predicted octanol–water partition coefficient (Wildman–Crippen LogP) is 4.88. The van der Waals surface area contributed by atoms with Crippen molar-refractivity contribution < 1.29 is 36.7 Å². The average molecular weight is 593 g/mol. The molecule has 0 heterocycles. The van der Waals surface area contributed by atoms with E-state index in [0.29, 0.717) is 17.1 Å². The number of nitrogens with zero attached hydrogens (tertiary/aromatic N) is 1. The first-order valence-electron chi connectivity index (χ1n) is 10.4. The summed E-state index contributed by atoms with van der Waals surface area (Å²) >= 11 is 22.6. The third-order valence-electron chi connectivity index (χ3n) is 4.80. The Morgan fingerprint density at radius 3 is 2.46 bits per heavy atom. The molecule has 14 heteroatoms. The number of esters is 2. The lowest BCUT2D eigenvalue weighted by Crippen LogP contribution is -2.45. The molecule has 0 bridgehead atoms. The van der Waals surface area contributed by atoms with Crippen LogP contribution in [-0.4, -0.2) is 48.5 Å². The minimum absolute atomic E-state index is 0.0195. The van der Waals surface area contributed by atoms with E-state index < -0.39 is 62.2 Å². The quantitative estimate of drug-likeness (QED) is 0.297. The highest BCUT2D eigenvalue weighted by molar-refractivity contribution is 7.94. The molecule has 35 heavy (non-hydrogen) atoms. The van der Waals surface area contributed by atoms with Gasteiger partial charge in [-0.1, -0.05) is 52.5 Å². The summed E-state index contributed by atoms with van der Waals surface area (Å²) in [6.07, 6.45) is 1.18. The maximum atomic E-state index is 13.7. The summed E-state index contributed by atoms with van der Waals surface area (Å²) in [5.41, 5.74) is -0.447. The van der Waals surface area contributed by atoms with E-state index in [1.54, 1.807) is 6.92 Å². The predicted molar refractivity (Wildman–Crippen MR) is 131 cm³/mol. The first kappa shape index (κ1) is 29.6. The first-order chi connectivity index (χ1) is 16.3. The van der Waals surface area contributed by atoms with Gasteiger partial charge in [-0.25, -0.2) is 21.9 Å². The molecule has 0 radical (unpaired) electrons. The fourth-order valence-corrected chi connectivity index (χ4v) is 5.82. The van der Waals surface area contributed by atoms with Gasteiger partial charge in [-0.3, -0.25) is 9.59 Å². The number of alkyl halides is 3. The van der Waals surface area contributed by atoms with Gasteiger partial charge in [-0.2, -0.15) is 0 Å². The zero-order valence-electron chi connectivity index (χ0n) is 18.4. The molecule has 0 aromatic heterocycles. The summed E-state index contributed by atoms with van der Waals surface area (Å²) in [4.78, 5) is 37.6. The molecule has 0 aliphatic heterocycles. The maximum absolute atomic E-state index is 13.7. The molecule has 1 aliphatic rings. The van der Waals surface area contributed by atoms with Gasteiger partial charge in [0.1, 0.15) is 17.7 Å². The summed E-state index contributed by atoms with van der Waals surface area (Å²) in [7, 11) is -4.62. The van der Waals surface area contributed by atoms with Crippen molar-refractivity contribution in [1.29, 1.82) is 0 Å². The number of carbonyl (C=O) groups is 3. The Morgan fingerprint density at radius 2 is 1.86 bits per heavy atom. The lowest BCUT2D eigenvalue weighted by Gasteiger charge is -2.30. The van der Waals surface area contributed by atoms with Crippen LogP contribution in [0.4, 0.5) is 10.1 Å². The third-order valence-corrected chi connectivity index (χ3v) is 7.55. The Hall–Kier alpha value is -1.59. The van der Waals surface area contributed by atoms with Gasteiger partial charge in [0.15, 0.2) is 0 Å². The number of ether oxygens (including phenoxy) is 2. The smallest absolute Gasteiger partial charge is 0.335 e. The van der Waals surface area contributed by atoms with Crippen molar-refractivity contribution >= 4 is 80.0 Å². The van der Waals surface area contributed by atoms with E-state index in [0.717, 1.165) is 18.2 Å². The molecule has 0 spiro atoms. The largest absolute Gasteiger partial charge is 0.463 e. The van der Waals surface area contributed by atoms with Crippen LogP contribution >= 0.6 is 46.4 Å². The number of amides is 1. The lowest BCUT2D eigenvalue weighted by molar-refractivity contribution is -0.144. The summed E-state index contributed by atoms with van der Waals surface area (Å²) < 4.78 is 49.4. The summed E-state index contributed by atoms with van der Waals surface area (Å²) in [5, 5.41) is -1.78. The fraction of sp³-hybridized carbons (Fsp3) is 0.476. The van der Waals surface area contributed by atoms with E-state index >= 15 is 0 Å². The molecular weight excluding hydrogens is 571 g/mol. The Balaban J connectivity index is 2.41. The second-order valence-electron chi connectivity index (χ2n) is 7.37. The maximum Gasteiger partial charge on any atom is 0.335 e. The van der Waals surface area contributed by atoms with E-state index in [4.69, 9.17) is 55.9 Å². The molecule has 1 aromatic rings. The number of halogens is 5. The Labute approximate surface area is 222 Å². The van der Waals surface area contributed by atoms with Gasteiger partial charge in [-0.05, 0) is 44.4 Å². The lowest BCUT2D eigenvalue weighted by atomic mass is 9.99. The minimum Gasteiger partial charge on any atom is -0.463 e. The summed E-state index contributed by atoms with van der Waals surface area (Å²) in [5.74, 6) is -3.56. The number of carbonyl (C=O) groups excluding carboxylic acids is 3. The molecule has 1 aliphatic carbocycles.